The van der Waals surface area contributed by atoms with E-state index in [-0.39, 0.29) is 5.82 Å². The second kappa shape index (κ2) is 5.37. The van der Waals surface area contributed by atoms with Crippen LogP contribution in [0.15, 0.2) is 23.2 Å². The van der Waals surface area contributed by atoms with Crippen molar-refractivity contribution in [3.63, 3.8) is 0 Å². The standard InChI is InChI=1S/C16H18FN3S/c17-11-7-10-8-14(16-18-5-6-21-16)20-15(10)13(9-11)19-12-3-1-2-4-12/h7-9,12,19-20H,1-6H2. The number of benzene rings is 1. The zero-order valence-corrected chi connectivity index (χ0v) is 12.6. The first-order valence-electron chi connectivity index (χ1n) is 7.56. The molecule has 1 aromatic heterocycles. The van der Waals surface area contributed by atoms with E-state index in [0.717, 1.165) is 39.6 Å². The van der Waals surface area contributed by atoms with Gasteiger partial charge in [0, 0.05) is 23.7 Å². The summed E-state index contributed by atoms with van der Waals surface area (Å²) in [6.07, 6.45) is 4.88. The highest BCUT2D eigenvalue weighted by molar-refractivity contribution is 8.14. The molecule has 110 valence electrons. The third kappa shape index (κ3) is 2.55. The number of rotatable bonds is 3. The molecule has 1 fully saturated rings. The zero-order chi connectivity index (χ0) is 14.2. The van der Waals surface area contributed by atoms with E-state index in [9.17, 15) is 4.39 Å². The number of H-pyrrole nitrogens is 1. The monoisotopic (exact) mass is 303 g/mol. The summed E-state index contributed by atoms with van der Waals surface area (Å²) in [6.45, 7) is 0.872. The van der Waals surface area contributed by atoms with Gasteiger partial charge in [0.15, 0.2) is 0 Å². The Morgan fingerprint density at radius 2 is 2.10 bits per heavy atom. The molecule has 5 heteroatoms. The fourth-order valence-electron chi connectivity index (χ4n) is 3.22. The van der Waals surface area contributed by atoms with Gasteiger partial charge in [-0.2, -0.15) is 0 Å². The van der Waals surface area contributed by atoms with Crippen LogP contribution in [0, 0.1) is 5.82 Å². The average Bonchev–Trinajstić information content (AvgIpc) is 3.19. The molecule has 0 radical (unpaired) electrons. The maximum absolute atomic E-state index is 13.9. The van der Waals surface area contributed by atoms with Crippen LogP contribution in [0.1, 0.15) is 31.4 Å². The van der Waals surface area contributed by atoms with Gasteiger partial charge in [0.25, 0.3) is 0 Å². The van der Waals surface area contributed by atoms with Gasteiger partial charge in [0.05, 0.1) is 16.9 Å². The van der Waals surface area contributed by atoms with Gasteiger partial charge in [0.2, 0.25) is 0 Å². The molecule has 0 atom stereocenters. The summed E-state index contributed by atoms with van der Waals surface area (Å²) in [5.41, 5.74) is 2.88. The van der Waals surface area contributed by atoms with E-state index in [2.05, 4.69) is 15.3 Å². The summed E-state index contributed by atoms with van der Waals surface area (Å²) in [5, 5.41) is 5.47. The van der Waals surface area contributed by atoms with E-state index in [1.54, 1.807) is 23.9 Å². The minimum Gasteiger partial charge on any atom is -0.381 e. The van der Waals surface area contributed by atoms with Crippen molar-refractivity contribution in [2.75, 3.05) is 17.6 Å². The van der Waals surface area contributed by atoms with Gasteiger partial charge in [-0.1, -0.05) is 12.8 Å². The maximum atomic E-state index is 13.9. The second-order valence-corrected chi connectivity index (χ2v) is 6.85. The number of hydrogen-bond acceptors (Lipinski definition) is 3. The molecule has 0 unspecified atom stereocenters. The van der Waals surface area contributed by atoms with Crippen LogP contribution in [-0.2, 0) is 0 Å². The van der Waals surface area contributed by atoms with Crippen molar-refractivity contribution in [2.45, 2.75) is 31.7 Å². The van der Waals surface area contributed by atoms with Crippen molar-refractivity contribution in [3.8, 4) is 0 Å². The zero-order valence-electron chi connectivity index (χ0n) is 11.8. The van der Waals surface area contributed by atoms with Gasteiger partial charge >= 0.3 is 0 Å². The average molecular weight is 303 g/mol. The molecule has 1 aliphatic carbocycles. The van der Waals surface area contributed by atoms with Gasteiger partial charge in [-0.25, -0.2) is 4.39 Å². The highest BCUT2D eigenvalue weighted by atomic mass is 32.2. The third-order valence-corrected chi connectivity index (χ3v) is 5.23. The second-order valence-electron chi connectivity index (χ2n) is 5.76. The van der Waals surface area contributed by atoms with E-state index in [0.29, 0.717) is 6.04 Å². The molecule has 21 heavy (non-hydrogen) atoms. The lowest BCUT2D eigenvalue weighted by Crippen LogP contribution is -2.14. The van der Waals surface area contributed by atoms with E-state index in [1.807, 2.05) is 6.07 Å². The number of aliphatic imine (C=N–C) groups is 1. The molecule has 3 nitrogen and oxygen atoms in total. The van der Waals surface area contributed by atoms with Crippen LogP contribution < -0.4 is 5.32 Å². The molecule has 2 aromatic rings. The summed E-state index contributed by atoms with van der Waals surface area (Å²) in [4.78, 5) is 7.92. The quantitative estimate of drug-likeness (QED) is 0.894. The van der Waals surface area contributed by atoms with E-state index in [4.69, 9.17) is 0 Å². The maximum Gasteiger partial charge on any atom is 0.126 e. The third-order valence-electron chi connectivity index (χ3n) is 4.22. The minimum atomic E-state index is -0.186. The molecule has 4 rings (SSSR count). The van der Waals surface area contributed by atoms with Crippen LogP contribution in [0.3, 0.4) is 0 Å². The molecule has 0 bridgehead atoms. The fraction of sp³-hybridized carbons (Fsp3) is 0.438. The topological polar surface area (TPSA) is 40.2 Å². The predicted octanol–water partition coefficient (Wildman–Crippen LogP) is 4.15. The molecule has 1 aliphatic heterocycles. The van der Waals surface area contributed by atoms with Crippen molar-refractivity contribution in [1.82, 2.24) is 4.98 Å². The van der Waals surface area contributed by atoms with Gasteiger partial charge in [-0.15, -0.1) is 11.8 Å². The Morgan fingerprint density at radius 3 is 2.86 bits per heavy atom. The Kier molecular flexibility index (Phi) is 3.37. The Hall–Kier alpha value is -1.49. The van der Waals surface area contributed by atoms with Crippen molar-refractivity contribution in [2.24, 2.45) is 4.99 Å². The van der Waals surface area contributed by atoms with Crippen molar-refractivity contribution < 1.29 is 4.39 Å². The van der Waals surface area contributed by atoms with Gasteiger partial charge < -0.3 is 10.3 Å². The highest BCUT2D eigenvalue weighted by Gasteiger charge is 2.18. The van der Waals surface area contributed by atoms with E-state index in [1.165, 1.54) is 25.7 Å². The molecule has 0 amide bonds. The normalized spacial score (nSPS) is 19.4. The number of nitrogens with one attached hydrogen (secondary N) is 2. The van der Waals surface area contributed by atoms with Gasteiger partial charge in [-0.3, -0.25) is 4.99 Å². The number of thioether (sulfide) groups is 1. The lowest BCUT2D eigenvalue weighted by Gasteiger charge is -2.14. The van der Waals surface area contributed by atoms with Crippen LogP contribution in [-0.4, -0.2) is 28.4 Å². The molecule has 1 saturated carbocycles. The Labute approximate surface area is 127 Å². The fourth-order valence-corrected chi connectivity index (χ4v) is 4.05. The molecule has 2 heterocycles. The molecule has 2 N–H and O–H groups in total. The first-order valence-corrected chi connectivity index (χ1v) is 8.54. The van der Waals surface area contributed by atoms with E-state index < -0.39 is 0 Å². The van der Waals surface area contributed by atoms with E-state index >= 15 is 0 Å². The molecular formula is C16H18FN3S. The summed E-state index contributed by atoms with van der Waals surface area (Å²) >= 11 is 1.76. The number of nitrogens with zero attached hydrogens (tertiary/aromatic N) is 1. The van der Waals surface area contributed by atoms with Gasteiger partial charge in [-0.05, 0) is 31.0 Å². The number of aromatic amines is 1. The van der Waals surface area contributed by atoms with Gasteiger partial charge in [0.1, 0.15) is 10.9 Å². The summed E-state index contributed by atoms with van der Waals surface area (Å²) < 4.78 is 13.9. The van der Waals surface area contributed by atoms with Crippen LogP contribution >= 0.6 is 11.8 Å². The molecule has 0 saturated heterocycles. The number of fused-ring (bicyclic) bond motifs is 1. The SMILES string of the molecule is Fc1cc(NC2CCCC2)c2[nH]c(C3=NCCS3)cc2c1. The van der Waals surface area contributed by atoms with Crippen molar-refractivity contribution in [1.29, 1.82) is 0 Å². The highest BCUT2D eigenvalue weighted by Crippen LogP contribution is 2.31. The summed E-state index contributed by atoms with van der Waals surface area (Å²) in [5.74, 6) is 0.848. The molecular weight excluding hydrogens is 285 g/mol. The van der Waals surface area contributed by atoms with Crippen molar-refractivity contribution >= 4 is 33.4 Å². The smallest absolute Gasteiger partial charge is 0.126 e. The Morgan fingerprint density at radius 1 is 1.24 bits per heavy atom. The molecule has 1 aromatic carbocycles. The largest absolute Gasteiger partial charge is 0.381 e. The lowest BCUT2D eigenvalue weighted by molar-refractivity contribution is 0.629. The number of aromatic nitrogens is 1. The molecule has 0 spiro atoms. The predicted molar refractivity (Wildman–Crippen MR) is 88.0 cm³/mol. The number of halogens is 1. The summed E-state index contributed by atoms with van der Waals surface area (Å²) in [6, 6.07) is 5.68. The van der Waals surface area contributed by atoms with Crippen LogP contribution in [0.5, 0.6) is 0 Å². The number of anilines is 1. The van der Waals surface area contributed by atoms with Crippen LogP contribution in [0.25, 0.3) is 10.9 Å². The van der Waals surface area contributed by atoms with Crippen LogP contribution in [0.2, 0.25) is 0 Å². The Bertz CT molecular complexity index is 701. The Balaban J connectivity index is 1.74. The first kappa shape index (κ1) is 13.2. The summed E-state index contributed by atoms with van der Waals surface area (Å²) in [7, 11) is 0. The first-order chi connectivity index (χ1) is 10.3. The lowest BCUT2D eigenvalue weighted by atomic mass is 10.2. The number of hydrogen-bond donors (Lipinski definition) is 2. The van der Waals surface area contributed by atoms with Crippen LogP contribution in [0.4, 0.5) is 10.1 Å². The molecule has 2 aliphatic rings. The van der Waals surface area contributed by atoms with Crippen molar-refractivity contribution in [3.05, 3.63) is 29.7 Å². The minimum absolute atomic E-state index is 0.186.